The second kappa shape index (κ2) is 9.82. The molecule has 0 aliphatic heterocycles. The van der Waals surface area contributed by atoms with Crippen LogP contribution in [0.2, 0.25) is 0 Å². The predicted molar refractivity (Wildman–Crippen MR) is 223 cm³/mol. The molecule has 0 N–H and O–H groups in total. The molecule has 9 aromatic rings. The van der Waals surface area contributed by atoms with E-state index in [2.05, 4.69) is 184 Å². The van der Waals surface area contributed by atoms with E-state index in [1.165, 1.54) is 116 Å². The minimum Gasteiger partial charge on any atom is -0.309 e. The average molecular weight is 676 g/mol. The van der Waals surface area contributed by atoms with Gasteiger partial charge in [0.25, 0.3) is 0 Å². The molecule has 53 heavy (non-hydrogen) atoms. The molecule has 1 heterocycles. The van der Waals surface area contributed by atoms with Gasteiger partial charge in [-0.2, -0.15) is 0 Å². The quantitative estimate of drug-likeness (QED) is 0.172. The maximum Gasteiger partial charge on any atom is 0.0594 e. The molecule has 0 fully saturated rings. The molecule has 1 aromatic heterocycles. The summed E-state index contributed by atoms with van der Waals surface area (Å²) in [5, 5.41) is 5.36. The van der Waals surface area contributed by atoms with Crippen molar-refractivity contribution in [3.63, 3.8) is 0 Å². The highest BCUT2D eigenvalue weighted by atomic mass is 15.0. The van der Waals surface area contributed by atoms with Crippen LogP contribution < -0.4 is 0 Å². The van der Waals surface area contributed by atoms with Crippen molar-refractivity contribution in [3.8, 4) is 61.3 Å². The molecule has 1 nitrogen and oxygen atoms in total. The van der Waals surface area contributed by atoms with E-state index in [0.717, 1.165) is 0 Å². The number of para-hydroxylation sites is 1. The minimum atomic E-state index is -0.194. The monoisotopic (exact) mass is 675 g/mol. The number of nitrogens with zero attached hydrogens (tertiary/aromatic N) is 1. The fourth-order valence-corrected chi connectivity index (χ4v) is 10.9. The van der Waals surface area contributed by atoms with Crippen LogP contribution in [0.25, 0.3) is 93.9 Å². The van der Waals surface area contributed by atoms with Crippen molar-refractivity contribution in [1.29, 1.82) is 0 Å². The zero-order valence-electron chi connectivity index (χ0n) is 30.4. The minimum absolute atomic E-state index is 0.143. The van der Waals surface area contributed by atoms with Crippen LogP contribution >= 0.6 is 0 Å². The van der Waals surface area contributed by atoms with Gasteiger partial charge < -0.3 is 4.57 Å². The van der Waals surface area contributed by atoms with Gasteiger partial charge >= 0.3 is 0 Å². The molecule has 0 amide bonds. The Morgan fingerprint density at radius 1 is 0.396 bits per heavy atom. The SMILES string of the molecule is CC1(C)c2ccccc2-c2c1c1c(c3c2c2ccccc2n3-c2cccc(-c3ccc4c5c(cccc35)-c3ccccc3-4)c2)C(C)(C)c2ccccc2-1. The van der Waals surface area contributed by atoms with Gasteiger partial charge in [-0.05, 0) is 107 Å². The summed E-state index contributed by atoms with van der Waals surface area (Å²) in [6.07, 6.45) is 0. The zero-order chi connectivity index (χ0) is 35.4. The van der Waals surface area contributed by atoms with E-state index in [1.54, 1.807) is 0 Å². The number of benzene rings is 8. The summed E-state index contributed by atoms with van der Waals surface area (Å²) >= 11 is 0. The fraction of sp³-hybridized carbons (Fsp3) is 0.115. The van der Waals surface area contributed by atoms with Gasteiger partial charge in [-0.3, -0.25) is 0 Å². The van der Waals surface area contributed by atoms with E-state index >= 15 is 0 Å². The van der Waals surface area contributed by atoms with Crippen molar-refractivity contribution < 1.29 is 0 Å². The van der Waals surface area contributed by atoms with Crippen LogP contribution in [0.3, 0.4) is 0 Å². The summed E-state index contributed by atoms with van der Waals surface area (Å²) in [4.78, 5) is 0. The lowest BCUT2D eigenvalue weighted by atomic mass is 9.76. The summed E-state index contributed by atoms with van der Waals surface area (Å²) in [6, 6.07) is 57.1. The van der Waals surface area contributed by atoms with Crippen LogP contribution in [0.4, 0.5) is 0 Å². The largest absolute Gasteiger partial charge is 0.309 e. The average Bonchev–Trinajstić information content (AvgIpc) is 3.85. The first kappa shape index (κ1) is 29.4. The first-order valence-electron chi connectivity index (χ1n) is 19.0. The molecule has 250 valence electrons. The Hall–Kier alpha value is -6.18. The van der Waals surface area contributed by atoms with Crippen molar-refractivity contribution in [3.05, 3.63) is 174 Å². The third-order valence-corrected chi connectivity index (χ3v) is 13.1. The second-order valence-corrected chi connectivity index (χ2v) is 16.4. The van der Waals surface area contributed by atoms with E-state index < -0.39 is 0 Å². The molecule has 8 aromatic carbocycles. The van der Waals surface area contributed by atoms with Crippen molar-refractivity contribution in [2.24, 2.45) is 0 Å². The van der Waals surface area contributed by atoms with Gasteiger partial charge in [0.05, 0.1) is 11.0 Å². The Bertz CT molecular complexity index is 3080. The van der Waals surface area contributed by atoms with Crippen molar-refractivity contribution in [1.82, 2.24) is 4.57 Å². The van der Waals surface area contributed by atoms with E-state index in [1.807, 2.05) is 0 Å². The second-order valence-electron chi connectivity index (χ2n) is 16.4. The van der Waals surface area contributed by atoms with E-state index in [4.69, 9.17) is 0 Å². The lowest BCUT2D eigenvalue weighted by Gasteiger charge is -2.28. The smallest absolute Gasteiger partial charge is 0.0594 e. The van der Waals surface area contributed by atoms with Crippen LogP contribution in [0.15, 0.2) is 152 Å². The van der Waals surface area contributed by atoms with Crippen molar-refractivity contribution in [2.45, 2.75) is 38.5 Å². The molecular formula is C52H37N. The lowest BCUT2D eigenvalue weighted by Crippen LogP contribution is -2.19. The third-order valence-electron chi connectivity index (χ3n) is 13.1. The summed E-state index contributed by atoms with van der Waals surface area (Å²) in [5.41, 5.74) is 22.6. The Kier molecular flexibility index (Phi) is 5.45. The van der Waals surface area contributed by atoms with Crippen molar-refractivity contribution >= 4 is 32.6 Å². The first-order valence-corrected chi connectivity index (χ1v) is 19.0. The van der Waals surface area contributed by atoms with E-state index in [0.29, 0.717) is 0 Å². The molecular weight excluding hydrogens is 639 g/mol. The molecule has 3 aliphatic carbocycles. The van der Waals surface area contributed by atoms with Gasteiger partial charge in [-0.15, -0.1) is 0 Å². The predicted octanol–water partition coefficient (Wildman–Crippen LogP) is 13.9. The Morgan fingerprint density at radius 2 is 0.943 bits per heavy atom. The normalized spacial score (nSPS) is 15.1. The summed E-state index contributed by atoms with van der Waals surface area (Å²) in [7, 11) is 0. The molecule has 3 aliphatic rings. The van der Waals surface area contributed by atoms with Gasteiger partial charge in [0.15, 0.2) is 0 Å². The summed E-state index contributed by atoms with van der Waals surface area (Å²) < 4.78 is 2.60. The molecule has 0 spiro atoms. The maximum atomic E-state index is 2.60. The van der Waals surface area contributed by atoms with Gasteiger partial charge in [0, 0.05) is 27.3 Å². The summed E-state index contributed by atoms with van der Waals surface area (Å²) in [5.74, 6) is 0. The van der Waals surface area contributed by atoms with E-state index in [-0.39, 0.29) is 10.8 Å². The molecule has 0 radical (unpaired) electrons. The molecule has 1 heteroatoms. The molecule has 0 saturated carbocycles. The van der Waals surface area contributed by atoms with Gasteiger partial charge in [-0.25, -0.2) is 0 Å². The number of fused-ring (bicyclic) bond motifs is 15. The van der Waals surface area contributed by atoms with Crippen molar-refractivity contribution in [2.75, 3.05) is 0 Å². The van der Waals surface area contributed by atoms with Gasteiger partial charge in [-0.1, -0.05) is 161 Å². The number of hydrogen-bond acceptors (Lipinski definition) is 0. The van der Waals surface area contributed by atoms with Crippen LogP contribution in [0.5, 0.6) is 0 Å². The molecule has 0 atom stereocenters. The maximum absolute atomic E-state index is 2.60. The number of aromatic nitrogens is 1. The highest BCUT2D eigenvalue weighted by Crippen LogP contribution is 2.63. The number of hydrogen-bond donors (Lipinski definition) is 0. The Labute approximate surface area is 309 Å². The number of rotatable bonds is 2. The van der Waals surface area contributed by atoms with Crippen LogP contribution in [0.1, 0.15) is 49.9 Å². The molecule has 0 bridgehead atoms. The molecule has 0 saturated heterocycles. The standard InChI is InChI=1S/C52H37N/c1-51(2)41-24-10-7-19-38(41)45-46-40-21-9-12-26-43(40)53(50(46)49-47(48(45)51)39-20-8-11-25-42(39)52(49,3)4)31-16-13-15-30(29-31)32-27-28-37-34-18-6-5-17-33(34)36-23-14-22-35(32)44(36)37/h5-29H,1-4H3. The Morgan fingerprint density at radius 3 is 1.70 bits per heavy atom. The Balaban J connectivity index is 1.21. The highest BCUT2D eigenvalue weighted by molar-refractivity contribution is 6.22. The third kappa shape index (κ3) is 3.49. The van der Waals surface area contributed by atoms with Crippen LogP contribution in [0, 0.1) is 0 Å². The van der Waals surface area contributed by atoms with Gasteiger partial charge in [0.1, 0.15) is 0 Å². The first-order chi connectivity index (χ1) is 25.9. The van der Waals surface area contributed by atoms with Crippen LogP contribution in [-0.2, 0) is 10.8 Å². The molecule has 0 unspecified atom stereocenters. The zero-order valence-corrected chi connectivity index (χ0v) is 30.4. The topological polar surface area (TPSA) is 4.93 Å². The van der Waals surface area contributed by atoms with Gasteiger partial charge in [0.2, 0.25) is 0 Å². The summed E-state index contributed by atoms with van der Waals surface area (Å²) in [6.45, 7) is 9.78. The molecule has 12 rings (SSSR count). The lowest BCUT2D eigenvalue weighted by molar-refractivity contribution is 0.650. The van der Waals surface area contributed by atoms with E-state index in [9.17, 15) is 0 Å². The van der Waals surface area contributed by atoms with Crippen LogP contribution in [-0.4, -0.2) is 4.57 Å². The fourth-order valence-electron chi connectivity index (χ4n) is 10.9. The highest BCUT2D eigenvalue weighted by Gasteiger charge is 2.47.